The van der Waals surface area contributed by atoms with Crippen molar-refractivity contribution < 1.29 is 13.9 Å². The second-order valence-electron chi connectivity index (χ2n) is 8.42. The number of aryl methyl sites for hydroxylation is 1. The number of rotatable bonds is 6. The molecule has 5 rings (SSSR count). The van der Waals surface area contributed by atoms with Crippen LogP contribution in [0.1, 0.15) is 48.4 Å². The Labute approximate surface area is 187 Å². The molecule has 0 N–H and O–H groups in total. The molecule has 0 spiro atoms. The third-order valence-electron chi connectivity index (χ3n) is 6.49. The number of carbonyl (C=O) groups is 1. The molecular weight excluding hydrogens is 404 g/mol. The Morgan fingerprint density at radius 3 is 2.69 bits per heavy atom. The van der Waals surface area contributed by atoms with Crippen LogP contribution in [0.15, 0.2) is 70.5 Å². The van der Waals surface area contributed by atoms with E-state index in [0.717, 1.165) is 42.2 Å². The van der Waals surface area contributed by atoms with Crippen LogP contribution < -0.4 is 4.74 Å². The molecule has 0 radical (unpaired) electrons. The fourth-order valence-corrected chi connectivity index (χ4v) is 4.82. The van der Waals surface area contributed by atoms with Crippen LogP contribution in [0.3, 0.4) is 0 Å². The average Bonchev–Trinajstić information content (AvgIpc) is 3.60. The second-order valence-corrected chi connectivity index (χ2v) is 8.42. The first-order valence-corrected chi connectivity index (χ1v) is 11.1. The molecule has 7 nitrogen and oxygen atoms in total. The Kier molecular flexibility index (Phi) is 5.57. The number of amides is 1. The van der Waals surface area contributed by atoms with E-state index in [1.165, 1.54) is 5.69 Å². The van der Waals surface area contributed by atoms with Gasteiger partial charge in [-0.15, -0.1) is 0 Å². The molecule has 1 amide bonds. The van der Waals surface area contributed by atoms with Crippen molar-refractivity contribution in [2.75, 3.05) is 20.2 Å². The molecule has 0 saturated carbocycles. The number of likely N-dealkylation sites (tertiary alicyclic amines) is 1. The fourth-order valence-electron chi connectivity index (χ4n) is 4.82. The summed E-state index contributed by atoms with van der Waals surface area (Å²) in [4.78, 5) is 15.8. The molecule has 166 valence electrons. The largest absolute Gasteiger partial charge is 0.497 e. The maximum absolute atomic E-state index is 13.5. The van der Waals surface area contributed by atoms with Crippen molar-refractivity contribution in [3.8, 4) is 5.75 Å². The van der Waals surface area contributed by atoms with Crippen molar-refractivity contribution in [2.24, 2.45) is 12.1 Å². The molecule has 0 bridgehead atoms. The first-order chi connectivity index (χ1) is 15.6. The van der Waals surface area contributed by atoms with Crippen LogP contribution in [0, 0.1) is 0 Å². The zero-order valence-corrected chi connectivity index (χ0v) is 18.5. The lowest BCUT2D eigenvalue weighted by Crippen LogP contribution is -2.38. The molecule has 1 aromatic carbocycles. The molecule has 1 saturated heterocycles. The monoisotopic (exact) mass is 432 g/mol. The quantitative estimate of drug-likeness (QED) is 0.587. The Hall–Kier alpha value is -3.32. The molecule has 2 aliphatic rings. The first-order valence-electron chi connectivity index (χ1n) is 11.1. The van der Waals surface area contributed by atoms with Gasteiger partial charge in [0, 0.05) is 25.4 Å². The maximum atomic E-state index is 13.5. The first kappa shape index (κ1) is 20.6. The Balaban J connectivity index is 1.39. The van der Waals surface area contributed by atoms with Crippen LogP contribution in [-0.2, 0) is 11.8 Å². The number of carbonyl (C=O) groups excluding carboxylic acids is 1. The van der Waals surface area contributed by atoms with E-state index in [9.17, 15) is 4.79 Å². The lowest BCUT2D eigenvalue weighted by molar-refractivity contribution is -0.134. The number of aromatic nitrogens is 1. The molecule has 2 aliphatic heterocycles. The summed E-state index contributed by atoms with van der Waals surface area (Å²) in [6, 6.07) is 15.8. The molecular formula is C25H28N4O3. The van der Waals surface area contributed by atoms with Crippen LogP contribution in [0.25, 0.3) is 0 Å². The van der Waals surface area contributed by atoms with E-state index in [4.69, 9.17) is 14.3 Å². The fraction of sp³-hybridized carbons (Fsp3) is 0.360. The molecule has 7 heteroatoms. The normalized spacial score (nSPS) is 21.2. The van der Waals surface area contributed by atoms with E-state index in [2.05, 4.69) is 34.8 Å². The smallest absolute Gasteiger partial charge is 0.257 e. The van der Waals surface area contributed by atoms with Crippen LogP contribution >= 0.6 is 0 Å². The summed E-state index contributed by atoms with van der Waals surface area (Å²) in [5.41, 5.74) is 3.12. The molecule has 32 heavy (non-hydrogen) atoms. The Morgan fingerprint density at radius 1 is 1.16 bits per heavy atom. The maximum Gasteiger partial charge on any atom is 0.257 e. The van der Waals surface area contributed by atoms with Gasteiger partial charge < -0.3 is 13.7 Å². The summed E-state index contributed by atoms with van der Waals surface area (Å²) in [5, 5.41) is 6.39. The van der Waals surface area contributed by atoms with Crippen molar-refractivity contribution in [1.82, 2.24) is 14.5 Å². The minimum Gasteiger partial charge on any atom is -0.497 e. The van der Waals surface area contributed by atoms with Crippen molar-refractivity contribution in [2.45, 2.75) is 31.3 Å². The van der Waals surface area contributed by atoms with E-state index in [0.29, 0.717) is 13.0 Å². The summed E-state index contributed by atoms with van der Waals surface area (Å²) < 4.78 is 13.1. The van der Waals surface area contributed by atoms with Crippen LogP contribution in [0.2, 0.25) is 0 Å². The highest BCUT2D eigenvalue weighted by Crippen LogP contribution is 2.35. The van der Waals surface area contributed by atoms with Crippen LogP contribution in [-0.4, -0.2) is 46.3 Å². The zero-order chi connectivity index (χ0) is 22.1. The van der Waals surface area contributed by atoms with E-state index in [1.54, 1.807) is 18.4 Å². The van der Waals surface area contributed by atoms with E-state index < -0.39 is 0 Å². The minimum atomic E-state index is -0.231. The van der Waals surface area contributed by atoms with E-state index >= 15 is 0 Å². The van der Waals surface area contributed by atoms with Gasteiger partial charge in [0.1, 0.15) is 17.6 Å². The van der Waals surface area contributed by atoms with Gasteiger partial charge >= 0.3 is 0 Å². The van der Waals surface area contributed by atoms with Crippen molar-refractivity contribution in [1.29, 1.82) is 0 Å². The van der Waals surface area contributed by atoms with Crippen LogP contribution in [0.4, 0.5) is 0 Å². The number of hydrogen-bond acceptors (Lipinski definition) is 5. The summed E-state index contributed by atoms with van der Waals surface area (Å²) >= 11 is 0. The zero-order valence-electron chi connectivity index (χ0n) is 18.5. The minimum absolute atomic E-state index is 0.00368. The highest BCUT2D eigenvalue weighted by molar-refractivity contribution is 6.03. The topological polar surface area (TPSA) is 63.2 Å². The molecule has 2 atom stereocenters. The van der Waals surface area contributed by atoms with Gasteiger partial charge in [-0.05, 0) is 73.5 Å². The third kappa shape index (κ3) is 3.84. The highest BCUT2D eigenvalue weighted by atomic mass is 16.5. The number of hydrogen-bond donors (Lipinski definition) is 0. The van der Waals surface area contributed by atoms with Crippen LogP contribution in [0.5, 0.6) is 5.75 Å². The molecule has 2 aromatic heterocycles. The van der Waals surface area contributed by atoms with Gasteiger partial charge in [0.2, 0.25) is 0 Å². The van der Waals surface area contributed by atoms with Crippen molar-refractivity contribution in [3.63, 3.8) is 0 Å². The lowest BCUT2D eigenvalue weighted by Gasteiger charge is -2.27. The predicted molar refractivity (Wildman–Crippen MR) is 121 cm³/mol. The summed E-state index contributed by atoms with van der Waals surface area (Å²) in [5.74, 6) is 1.55. The molecule has 4 heterocycles. The van der Waals surface area contributed by atoms with Crippen molar-refractivity contribution in [3.05, 3.63) is 78.0 Å². The average molecular weight is 433 g/mol. The molecule has 0 aliphatic carbocycles. The standard InChI is InChI=1S/C25H28N4O3/c1-27-13-3-6-21(27)22-7-4-14-28(22)17-25(30)29-23(24-8-5-15-32-24)16-20(26-29)18-9-11-19(31-2)12-10-18/h3,5-6,8-13,15,22-23H,4,7,14,16-17H2,1-2H3/t22-,23-/m0/s1. The summed E-state index contributed by atoms with van der Waals surface area (Å²) in [7, 11) is 3.71. The summed E-state index contributed by atoms with van der Waals surface area (Å²) in [6.07, 6.45) is 6.48. The predicted octanol–water partition coefficient (Wildman–Crippen LogP) is 4.14. The van der Waals surface area contributed by atoms with Gasteiger partial charge in [0.15, 0.2) is 0 Å². The number of furan rings is 1. The lowest BCUT2D eigenvalue weighted by atomic mass is 10.0. The third-order valence-corrected chi connectivity index (χ3v) is 6.49. The number of benzene rings is 1. The van der Waals surface area contributed by atoms with E-state index in [-0.39, 0.29) is 18.0 Å². The summed E-state index contributed by atoms with van der Waals surface area (Å²) in [6.45, 7) is 1.25. The Morgan fingerprint density at radius 2 is 2.00 bits per heavy atom. The van der Waals surface area contributed by atoms with Crippen molar-refractivity contribution >= 4 is 11.6 Å². The number of hydrazone groups is 1. The second kappa shape index (κ2) is 8.67. The van der Waals surface area contributed by atoms with Gasteiger partial charge in [-0.1, -0.05) is 0 Å². The number of ether oxygens (including phenoxy) is 1. The number of nitrogens with zero attached hydrogens (tertiary/aromatic N) is 4. The number of methoxy groups -OCH3 is 1. The van der Waals surface area contributed by atoms with Gasteiger partial charge in [-0.2, -0.15) is 5.10 Å². The van der Waals surface area contributed by atoms with Gasteiger partial charge in [-0.25, -0.2) is 5.01 Å². The Bertz CT molecular complexity index is 1100. The van der Waals surface area contributed by atoms with Gasteiger partial charge in [0.25, 0.3) is 5.91 Å². The van der Waals surface area contributed by atoms with Gasteiger partial charge in [-0.3, -0.25) is 9.69 Å². The molecule has 3 aromatic rings. The van der Waals surface area contributed by atoms with E-state index in [1.807, 2.05) is 36.4 Å². The molecule has 0 unspecified atom stereocenters. The molecule has 1 fully saturated rings. The SMILES string of the molecule is COc1ccc(C2=NN(C(=O)CN3CCC[C@H]3c3cccn3C)[C@H](c3ccco3)C2)cc1. The van der Waals surface area contributed by atoms with Gasteiger partial charge in [0.05, 0.1) is 31.7 Å². The highest BCUT2D eigenvalue weighted by Gasteiger charge is 2.37.